The topological polar surface area (TPSA) is 103 Å². The van der Waals surface area contributed by atoms with Crippen LogP contribution in [0.4, 0.5) is 23.0 Å². The Labute approximate surface area is 207 Å². The Bertz CT molecular complexity index is 1250. The Morgan fingerprint density at radius 1 is 1.20 bits per heavy atom. The van der Waals surface area contributed by atoms with Crippen LogP contribution in [0.25, 0.3) is 5.57 Å². The molecule has 0 bridgehead atoms. The molecule has 0 atom stereocenters. The minimum atomic E-state index is 0.320. The lowest BCUT2D eigenvalue weighted by molar-refractivity contribution is 0.413. The number of ether oxygens (including phenoxy) is 1. The van der Waals surface area contributed by atoms with E-state index in [1.807, 2.05) is 51.5 Å². The smallest absolute Gasteiger partial charge is 0.227 e. The molecule has 8 nitrogen and oxygen atoms in total. The normalized spacial score (nSPS) is 10.7. The number of methoxy groups -OCH3 is 1. The number of aromatic nitrogens is 2. The zero-order valence-electron chi connectivity index (χ0n) is 21.1. The summed E-state index contributed by atoms with van der Waals surface area (Å²) >= 11 is 0. The molecule has 3 aromatic rings. The average Bonchev–Trinajstić information content (AvgIpc) is 2.86. The third-order valence-corrected chi connectivity index (χ3v) is 5.81. The van der Waals surface area contributed by atoms with Crippen molar-refractivity contribution in [2.75, 3.05) is 57.3 Å². The van der Waals surface area contributed by atoms with Crippen molar-refractivity contribution in [2.24, 2.45) is 0 Å². The van der Waals surface area contributed by atoms with E-state index in [0.717, 1.165) is 36.3 Å². The first-order valence-corrected chi connectivity index (χ1v) is 11.4. The largest absolute Gasteiger partial charge is 0.494 e. The number of benzene rings is 2. The van der Waals surface area contributed by atoms with E-state index in [1.165, 1.54) is 6.20 Å². The molecule has 0 saturated heterocycles. The fourth-order valence-electron chi connectivity index (χ4n) is 3.78. The van der Waals surface area contributed by atoms with Crippen molar-refractivity contribution in [3.8, 4) is 11.8 Å². The van der Waals surface area contributed by atoms with Crippen molar-refractivity contribution in [2.45, 2.75) is 13.3 Å². The molecular weight excluding hydrogens is 438 g/mol. The molecule has 0 aliphatic rings. The van der Waals surface area contributed by atoms with Crippen molar-refractivity contribution in [1.29, 1.82) is 5.26 Å². The molecule has 0 fully saturated rings. The van der Waals surface area contributed by atoms with E-state index in [-0.39, 0.29) is 0 Å². The van der Waals surface area contributed by atoms with E-state index < -0.39 is 0 Å². The van der Waals surface area contributed by atoms with Gasteiger partial charge in [0, 0.05) is 31.8 Å². The molecule has 0 unspecified atom stereocenters. The summed E-state index contributed by atoms with van der Waals surface area (Å²) in [5, 5.41) is 12.9. The lowest BCUT2D eigenvalue weighted by atomic mass is 9.95. The lowest BCUT2D eigenvalue weighted by Gasteiger charge is -2.24. The van der Waals surface area contributed by atoms with E-state index in [0.29, 0.717) is 39.9 Å². The van der Waals surface area contributed by atoms with E-state index in [1.54, 1.807) is 7.11 Å². The Morgan fingerprint density at radius 2 is 1.94 bits per heavy atom. The number of nitriles is 1. The summed E-state index contributed by atoms with van der Waals surface area (Å²) in [6.45, 7) is 8.04. The van der Waals surface area contributed by atoms with Gasteiger partial charge in [-0.05, 0) is 37.7 Å². The quantitative estimate of drug-likeness (QED) is 0.422. The highest BCUT2D eigenvalue weighted by atomic mass is 16.5. The minimum absolute atomic E-state index is 0.320. The first-order chi connectivity index (χ1) is 16.8. The van der Waals surface area contributed by atoms with Gasteiger partial charge in [0.05, 0.1) is 41.6 Å². The number of hydrogen-bond acceptors (Lipinski definition) is 8. The highest BCUT2D eigenvalue weighted by Gasteiger charge is 2.17. The Hall–Kier alpha value is -4.09. The molecule has 182 valence electrons. The first kappa shape index (κ1) is 25.5. The standard InChI is InChI=1S/C27H33N7O/c1-7-19-10-8-9-11-21(19)18(2)26-20(16-28)17-30-27(32-26)31-23-14-22(29)24(15-25(23)35-6)34(5)13-12-33(3)4/h8-11,14-15,17H,2,7,12-13,29H2,1,3-6H3,(H,30,31,32). The van der Waals surface area contributed by atoms with Crippen LogP contribution in [0, 0.1) is 11.3 Å². The van der Waals surface area contributed by atoms with Gasteiger partial charge in [0.2, 0.25) is 5.95 Å². The van der Waals surface area contributed by atoms with Crippen LogP contribution in [0.3, 0.4) is 0 Å². The number of aryl methyl sites for hydroxylation is 1. The molecule has 1 heterocycles. The molecular formula is C27H33N7O. The van der Waals surface area contributed by atoms with Gasteiger partial charge >= 0.3 is 0 Å². The second-order valence-corrected chi connectivity index (χ2v) is 8.52. The second kappa shape index (κ2) is 11.4. The van der Waals surface area contributed by atoms with Gasteiger partial charge in [-0.25, -0.2) is 9.97 Å². The maximum absolute atomic E-state index is 9.66. The molecule has 0 radical (unpaired) electrons. The predicted octanol–water partition coefficient (Wildman–Crippen LogP) is 4.30. The zero-order valence-corrected chi connectivity index (χ0v) is 21.1. The van der Waals surface area contributed by atoms with Crippen molar-refractivity contribution >= 4 is 28.6 Å². The molecule has 3 N–H and O–H groups in total. The molecule has 1 aromatic heterocycles. The fourth-order valence-corrected chi connectivity index (χ4v) is 3.78. The van der Waals surface area contributed by atoms with Crippen LogP contribution in [0.15, 0.2) is 49.2 Å². The van der Waals surface area contributed by atoms with Crippen LogP contribution < -0.4 is 20.7 Å². The maximum Gasteiger partial charge on any atom is 0.227 e. The van der Waals surface area contributed by atoms with E-state index in [4.69, 9.17) is 10.5 Å². The third-order valence-electron chi connectivity index (χ3n) is 5.81. The lowest BCUT2D eigenvalue weighted by Crippen LogP contribution is -2.29. The summed E-state index contributed by atoms with van der Waals surface area (Å²) in [4.78, 5) is 13.2. The summed E-state index contributed by atoms with van der Waals surface area (Å²) in [5.74, 6) is 0.927. The molecule has 0 aliphatic heterocycles. The molecule has 0 amide bonds. The molecule has 2 aromatic carbocycles. The van der Waals surface area contributed by atoms with Gasteiger partial charge in [-0.3, -0.25) is 0 Å². The Balaban J connectivity index is 1.95. The molecule has 8 heteroatoms. The fraction of sp³-hybridized carbons (Fsp3) is 0.296. The van der Waals surface area contributed by atoms with Crippen LogP contribution in [0.2, 0.25) is 0 Å². The number of hydrogen-bond donors (Lipinski definition) is 2. The summed E-state index contributed by atoms with van der Waals surface area (Å²) < 4.78 is 5.63. The van der Waals surface area contributed by atoms with Crippen molar-refractivity contribution < 1.29 is 4.74 Å². The summed E-state index contributed by atoms with van der Waals surface area (Å²) in [6, 6.07) is 13.9. The monoisotopic (exact) mass is 471 g/mol. The summed E-state index contributed by atoms with van der Waals surface area (Å²) in [5.41, 5.74) is 12.1. The summed E-state index contributed by atoms with van der Waals surface area (Å²) in [7, 11) is 7.67. The van der Waals surface area contributed by atoms with Crippen LogP contribution in [-0.4, -0.2) is 56.2 Å². The zero-order chi connectivity index (χ0) is 25.5. The van der Waals surface area contributed by atoms with Gasteiger partial charge < -0.3 is 25.6 Å². The molecule has 35 heavy (non-hydrogen) atoms. The third kappa shape index (κ3) is 5.89. The van der Waals surface area contributed by atoms with Crippen molar-refractivity contribution in [3.63, 3.8) is 0 Å². The van der Waals surface area contributed by atoms with Crippen molar-refractivity contribution in [3.05, 3.63) is 71.6 Å². The van der Waals surface area contributed by atoms with Crippen LogP contribution in [0.5, 0.6) is 5.75 Å². The van der Waals surface area contributed by atoms with E-state index in [2.05, 4.69) is 50.7 Å². The van der Waals surface area contributed by atoms with E-state index >= 15 is 0 Å². The number of rotatable bonds is 10. The van der Waals surface area contributed by atoms with Crippen LogP contribution >= 0.6 is 0 Å². The second-order valence-electron chi connectivity index (χ2n) is 8.52. The highest BCUT2D eigenvalue weighted by molar-refractivity contribution is 5.82. The molecule has 0 aliphatic carbocycles. The number of likely N-dealkylation sites (N-methyl/N-ethyl adjacent to an activating group) is 2. The predicted molar refractivity (Wildman–Crippen MR) is 143 cm³/mol. The summed E-state index contributed by atoms with van der Waals surface area (Å²) in [6.07, 6.45) is 2.35. The molecule has 0 saturated carbocycles. The van der Waals surface area contributed by atoms with Gasteiger partial charge in [0.15, 0.2) is 0 Å². The van der Waals surface area contributed by atoms with Gasteiger partial charge in [0.25, 0.3) is 0 Å². The van der Waals surface area contributed by atoms with Gasteiger partial charge in [0.1, 0.15) is 11.8 Å². The number of nitrogen functional groups attached to an aromatic ring is 1. The Morgan fingerprint density at radius 3 is 2.60 bits per heavy atom. The molecule has 3 rings (SSSR count). The van der Waals surface area contributed by atoms with E-state index in [9.17, 15) is 5.26 Å². The number of anilines is 4. The average molecular weight is 472 g/mol. The number of nitrogens with two attached hydrogens (primary N) is 1. The van der Waals surface area contributed by atoms with Gasteiger partial charge in [-0.2, -0.15) is 5.26 Å². The maximum atomic E-state index is 9.66. The highest BCUT2D eigenvalue weighted by Crippen LogP contribution is 2.36. The Kier molecular flexibility index (Phi) is 8.29. The van der Waals surface area contributed by atoms with Gasteiger partial charge in [-0.1, -0.05) is 37.8 Å². The number of nitrogens with one attached hydrogen (secondary N) is 1. The van der Waals surface area contributed by atoms with Gasteiger partial charge in [-0.15, -0.1) is 0 Å². The van der Waals surface area contributed by atoms with Crippen LogP contribution in [0.1, 0.15) is 29.3 Å². The molecule has 0 spiro atoms. The van der Waals surface area contributed by atoms with Crippen LogP contribution in [-0.2, 0) is 6.42 Å². The number of nitrogens with zero attached hydrogens (tertiary/aromatic N) is 5. The minimum Gasteiger partial charge on any atom is -0.494 e. The van der Waals surface area contributed by atoms with Crippen molar-refractivity contribution in [1.82, 2.24) is 14.9 Å². The first-order valence-electron chi connectivity index (χ1n) is 11.4. The SMILES string of the molecule is C=C(c1ccccc1CC)c1nc(Nc2cc(N)c(N(C)CCN(C)C)cc2OC)ncc1C#N.